The molecule has 0 bridgehead atoms. The van der Waals surface area contributed by atoms with Gasteiger partial charge >= 0.3 is 0 Å². The predicted octanol–water partition coefficient (Wildman–Crippen LogP) is 4.48. The molecule has 1 atom stereocenters. The summed E-state index contributed by atoms with van der Waals surface area (Å²) in [5.74, 6) is 0.937. The highest BCUT2D eigenvalue weighted by molar-refractivity contribution is 5.30. The van der Waals surface area contributed by atoms with E-state index in [9.17, 15) is 0 Å². The molecule has 0 heterocycles. The zero-order chi connectivity index (χ0) is 13.9. The highest BCUT2D eigenvalue weighted by Crippen LogP contribution is 2.23. The molecule has 0 aliphatic heterocycles. The van der Waals surface area contributed by atoms with Crippen molar-refractivity contribution in [1.82, 2.24) is 5.32 Å². The van der Waals surface area contributed by atoms with Crippen molar-refractivity contribution < 1.29 is 4.74 Å². The van der Waals surface area contributed by atoms with Gasteiger partial charge in [-0.25, -0.2) is 0 Å². The van der Waals surface area contributed by atoms with Crippen LogP contribution in [0.2, 0.25) is 0 Å². The number of hydrogen-bond donors (Lipinski definition) is 1. The third-order valence-electron chi connectivity index (χ3n) is 3.35. The van der Waals surface area contributed by atoms with Gasteiger partial charge in [0, 0.05) is 6.04 Å². The Morgan fingerprint density at radius 3 is 2.84 bits per heavy atom. The summed E-state index contributed by atoms with van der Waals surface area (Å²) in [6, 6.07) is 8.81. The maximum atomic E-state index is 5.30. The van der Waals surface area contributed by atoms with Gasteiger partial charge in [0.2, 0.25) is 0 Å². The van der Waals surface area contributed by atoms with Crippen LogP contribution in [0.15, 0.2) is 36.9 Å². The van der Waals surface area contributed by atoms with Crippen LogP contribution in [0.1, 0.15) is 50.6 Å². The maximum absolute atomic E-state index is 5.30. The lowest BCUT2D eigenvalue weighted by Gasteiger charge is -2.19. The molecular weight excluding hydrogens is 234 g/mol. The molecule has 1 N–H and O–H groups in total. The van der Waals surface area contributed by atoms with Gasteiger partial charge in [-0.2, -0.15) is 0 Å². The number of hydrogen-bond acceptors (Lipinski definition) is 2. The predicted molar refractivity (Wildman–Crippen MR) is 82.7 cm³/mol. The Morgan fingerprint density at radius 2 is 2.16 bits per heavy atom. The summed E-state index contributed by atoms with van der Waals surface area (Å²) in [4.78, 5) is 0. The van der Waals surface area contributed by atoms with Gasteiger partial charge in [-0.15, -0.1) is 6.58 Å². The summed E-state index contributed by atoms with van der Waals surface area (Å²) in [5, 5.41) is 3.57. The van der Waals surface area contributed by atoms with E-state index in [-0.39, 0.29) is 0 Å². The number of unbranched alkanes of at least 4 members (excludes halogenated alkanes) is 3. The Hall–Kier alpha value is -1.28. The van der Waals surface area contributed by atoms with E-state index in [1.54, 1.807) is 7.11 Å². The SMILES string of the molecule is C=CCCCCCC(NCC)c1cccc(OC)c1. The molecule has 0 saturated heterocycles. The Morgan fingerprint density at radius 1 is 1.32 bits per heavy atom. The van der Waals surface area contributed by atoms with Crippen molar-refractivity contribution in [2.24, 2.45) is 0 Å². The monoisotopic (exact) mass is 261 g/mol. The van der Waals surface area contributed by atoms with Gasteiger partial charge in [-0.3, -0.25) is 0 Å². The quantitative estimate of drug-likeness (QED) is 0.495. The first-order valence-electron chi connectivity index (χ1n) is 7.30. The number of ether oxygens (including phenoxy) is 1. The van der Waals surface area contributed by atoms with Gasteiger partial charge in [0.05, 0.1) is 7.11 Å². The van der Waals surface area contributed by atoms with Crippen LogP contribution in [-0.4, -0.2) is 13.7 Å². The Bertz CT molecular complexity index is 362. The van der Waals surface area contributed by atoms with Crippen LogP contribution in [0, 0.1) is 0 Å². The lowest BCUT2D eigenvalue weighted by Crippen LogP contribution is -2.20. The average molecular weight is 261 g/mol. The van der Waals surface area contributed by atoms with E-state index >= 15 is 0 Å². The molecule has 2 nitrogen and oxygen atoms in total. The lowest BCUT2D eigenvalue weighted by molar-refractivity contribution is 0.412. The Kier molecular flexibility index (Phi) is 7.99. The first-order chi connectivity index (χ1) is 9.31. The molecule has 19 heavy (non-hydrogen) atoms. The van der Waals surface area contributed by atoms with Gasteiger partial charge in [0.15, 0.2) is 0 Å². The van der Waals surface area contributed by atoms with Crippen LogP contribution >= 0.6 is 0 Å². The summed E-state index contributed by atoms with van der Waals surface area (Å²) in [7, 11) is 1.72. The lowest BCUT2D eigenvalue weighted by atomic mass is 9.99. The van der Waals surface area contributed by atoms with Crippen molar-refractivity contribution in [2.45, 2.75) is 45.1 Å². The number of methoxy groups -OCH3 is 1. The molecule has 0 fully saturated rings. The van der Waals surface area contributed by atoms with Gasteiger partial charge in [0.1, 0.15) is 5.75 Å². The minimum absolute atomic E-state index is 0.434. The van der Waals surface area contributed by atoms with Gasteiger partial charge in [-0.1, -0.05) is 38.0 Å². The van der Waals surface area contributed by atoms with E-state index in [0.29, 0.717) is 6.04 Å². The van der Waals surface area contributed by atoms with E-state index in [0.717, 1.165) is 18.7 Å². The summed E-state index contributed by atoms with van der Waals surface area (Å²) in [5.41, 5.74) is 1.32. The zero-order valence-electron chi connectivity index (χ0n) is 12.3. The number of nitrogens with one attached hydrogen (secondary N) is 1. The van der Waals surface area contributed by atoms with Gasteiger partial charge in [-0.05, 0) is 43.5 Å². The minimum atomic E-state index is 0.434. The van der Waals surface area contributed by atoms with Crippen molar-refractivity contribution in [3.8, 4) is 5.75 Å². The molecule has 106 valence electrons. The van der Waals surface area contributed by atoms with E-state index in [1.165, 1.54) is 31.2 Å². The fourth-order valence-electron chi connectivity index (χ4n) is 2.31. The molecule has 0 saturated carbocycles. The molecule has 2 heteroatoms. The van der Waals surface area contributed by atoms with Crippen LogP contribution in [0.25, 0.3) is 0 Å². The average Bonchev–Trinajstić information content (AvgIpc) is 2.46. The van der Waals surface area contributed by atoms with Crippen molar-refractivity contribution in [3.05, 3.63) is 42.5 Å². The second kappa shape index (κ2) is 9.62. The molecule has 1 aromatic carbocycles. The first-order valence-corrected chi connectivity index (χ1v) is 7.30. The van der Waals surface area contributed by atoms with E-state index < -0.39 is 0 Å². The molecule has 0 amide bonds. The third kappa shape index (κ3) is 5.93. The maximum Gasteiger partial charge on any atom is 0.119 e. The molecule has 1 rings (SSSR count). The van der Waals surface area contributed by atoms with Crippen LogP contribution in [0.3, 0.4) is 0 Å². The van der Waals surface area contributed by atoms with Crippen molar-refractivity contribution in [3.63, 3.8) is 0 Å². The second-order valence-corrected chi connectivity index (χ2v) is 4.81. The largest absolute Gasteiger partial charge is 0.497 e. The molecule has 0 spiro atoms. The summed E-state index contributed by atoms with van der Waals surface area (Å²) in [6.45, 7) is 6.92. The molecule has 0 aliphatic rings. The molecule has 0 aromatic heterocycles. The molecule has 0 radical (unpaired) electrons. The van der Waals surface area contributed by atoms with E-state index in [2.05, 4.69) is 37.0 Å². The topological polar surface area (TPSA) is 21.3 Å². The standard InChI is InChI=1S/C17H27NO/c1-4-6-7-8-9-13-17(18-5-2)15-11-10-12-16(14-15)19-3/h4,10-12,14,17-18H,1,5-9,13H2,2-3H3. The van der Waals surface area contributed by atoms with Gasteiger partial charge in [0.25, 0.3) is 0 Å². The number of benzene rings is 1. The van der Waals surface area contributed by atoms with Gasteiger partial charge < -0.3 is 10.1 Å². The molecule has 1 aromatic rings. The molecular formula is C17H27NO. The smallest absolute Gasteiger partial charge is 0.119 e. The highest BCUT2D eigenvalue weighted by Gasteiger charge is 2.10. The normalized spacial score (nSPS) is 12.1. The minimum Gasteiger partial charge on any atom is -0.497 e. The van der Waals surface area contributed by atoms with Crippen LogP contribution < -0.4 is 10.1 Å². The third-order valence-corrected chi connectivity index (χ3v) is 3.35. The highest BCUT2D eigenvalue weighted by atomic mass is 16.5. The van der Waals surface area contributed by atoms with Crippen molar-refractivity contribution in [2.75, 3.05) is 13.7 Å². The summed E-state index contributed by atoms with van der Waals surface area (Å²) >= 11 is 0. The van der Waals surface area contributed by atoms with Crippen LogP contribution in [-0.2, 0) is 0 Å². The van der Waals surface area contributed by atoms with Crippen molar-refractivity contribution in [1.29, 1.82) is 0 Å². The summed E-state index contributed by atoms with van der Waals surface area (Å²) in [6.07, 6.45) is 8.09. The zero-order valence-corrected chi connectivity index (χ0v) is 12.3. The molecule has 1 unspecified atom stereocenters. The molecule has 0 aliphatic carbocycles. The first kappa shape index (κ1) is 15.8. The Balaban J connectivity index is 2.52. The van der Waals surface area contributed by atoms with E-state index in [4.69, 9.17) is 4.74 Å². The number of rotatable bonds is 10. The Labute approximate surface area is 117 Å². The van der Waals surface area contributed by atoms with E-state index in [1.807, 2.05) is 12.1 Å². The fraction of sp³-hybridized carbons (Fsp3) is 0.529. The fourth-order valence-corrected chi connectivity index (χ4v) is 2.31. The van der Waals surface area contributed by atoms with Crippen LogP contribution in [0.4, 0.5) is 0 Å². The van der Waals surface area contributed by atoms with Crippen LogP contribution in [0.5, 0.6) is 5.75 Å². The van der Waals surface area contributed by atoms with Crippen molar-refractivity contribution >= 4 is 0 Å². The second-order valence-electron chi connectivity index (χ2n) is 4.81. The summed E-state index contributed by atoms with van der Waals surface area (Å²) < 4.78 is 5.30. The number of allylic oxidation sites excluding steroid dienone is 1.